The molecule has 0 amide bonds. The number of hydrogen-bond donors (Lipinski definition) is 1. The van der Waals surface area contributed by atoms with Crippen LogP contribution in [0.5, 0.6) is 0 Å². The van der Waals surface area contributed by atoms with E-state index in [2.05, 4.69) is 25.3 Å². The number of halogens is 2. The lowest BCUT2D eigenvalue weighted by atomic mass is 10.3. The normalized spacial score (nSPS) is 11.1. The van der Waals surface area contributed by atoms with Crippen molar-refractivity contribution < 1.29 is 0 Å². The molecule has 3 rings (SSSR count). The Hall–Kier alpha value is -1.99. The Balaban J connectivity index is 2.02. The van der Waals surface area contributed by atoms with Crippen LogP contribution in [0.25, 0.3) is 11.2 Å². The minimum absolute atomic E-state index is 0.0773. The van der Waals surface area contributed by atoms with Crippen LogP contribution in [0.15, 0.2) is 18.2 Å². The molecule has 2 N–H and O–H groups in total. The van der Waals surface area contributed by atoms with Gasteiger partial charge in [0.05, 0.1) is 23.8 Å². The Morgan fingerprint density at radius 2 is 1.95 bits per heavy atom. The Bertz CT molecular complexity index is 771. The van der Waals surface area contributed by atoms with Crippen LogP contribution in [-0.4, -0.2) is 29.9 Å². The number of pyridine rings is 1. The van der Waals surface area contributed by atoms with Crippen molar-refractivity contribution in [2.75, 3.05) is 5.73 Å². The number of nitrogen functional groups attached to an aromatic ring is 1. The van der Waals surface area contributed by atoms with E-state index in [-0.39, 0.29) is 11.1 Å². The lowest BCUT2D eigenvalue weighted by Gasteiger charge is -2.03. The zero-order valence-electron chi connectivity index (χ0n) is 10.2. The van der Waals surface area contributed by atoms with Gasteiger partial charge in [-0.25, -0.2) is 4.68 Å². The maximum atomic E-state index is 5.95. The molecule has 0 aliphatic carbocycles. The van der Waals surface area contributed by atoms with Gasteiger partial charge in [-0.15, -0.1) is 16.7 Å². The van der Waals surface area contributed by atoms with Gasteiger partial charge in [-0.05, 0) is 12.1 Å². The van der Waals surface area contributed by atoms with Crippen LogP contribution >= 0.6 is 23.2 Å². The molecule has 0 unspecified atom stereocenters. The van der Waals surface area contributed by atoms with Crippen molar-refractivity contribution in [1.82, 2.24) is 29.9 Å². The standard InChI is InChI=1S/C11H9Cl2N7/c12-4-6-2-1-3-7(15-6)5-20-10-8(18-19-20)9(13)16-11(14)17-10/h1-3H,4-5H2,(H2,14,16,17). The van der Waals surface area contributed by atoms with Gasteiger partial charge in [-0.1, -0.05) is 22.9 Å². The van der Waals surface area contributed by atoms with Crippen LogP contribution in [0.3, 0.4) is 0 Å². The van der Waals surface area contributed by atoms with Crippen LogP contribution in [0.2, 0.25) is 5.15 Å². The largest absolute Gasteiger partial charge is 0.368 e. The van der Waals surface area contributed by atoms with E-state index < -0.39 is 0 Å². The van der Waals surface area contributed by atoms with E-state index in [1.54, 1.807) is 4.68 Å². The maximum absolute atomic E-state index is 5.95. The Labute approximate surface area is 123 Å². The van der Waals surface area contributed by atoms with Crippen molar-refractivity contribution in [2.24, 2.45) is 0 Å². The number of aromatic nitrogens is 6. The first kappa shape index (κ1) is 13.0. The fourth-order valence-electron chi connectivity index (χ4n) is 1.79. The Kier molecular flexibility index (Phi) is 3.37. The van der Waals surface area contributed by atoms with Crippen LogP contribution in [-0.2, 0) is 12.4 Å². The summed E-state index contributed by atoms with van der Waals surface area (Å²) in [5.41, 5.74) is 8.05. The first-order chi connectivity index (χ1) is 9.67. The predicted octanol–water partition coefficient (Wildman–Crippen LogP) is 1.64. The van der Waals surface area contributed by atoms with E-state index in [0.29, 0.717) is 23.6 Å². The molecule has 0 saturated carbocycles. The fourth-order valence-corrected chi connectivity index (χ4v) is 2.15. The maximum Gasteiger partial charge on any atom is 0.223 e. The lowest BCUT2D eigenvalue weighted by molar-refractivity contribution is 0.651. The monoisotopic (exact) mass is 309 g/mol. The number of anilines is 1. The summed E-state index contributed by atoms with van der Waals surface area (Å²) in [6.07, 6.45) is 0. The van der Waals surface area contributed by atoms with Crippen molar-refractivity contribution >= 4 is 40.3 Å². The third-order valence-corrected chi connectivity index (χ3v) is 3.19. The number of fused-ring (bicyclic) bond motifs is 1. The highest BCUT2D eigenvalue weighted by Gasteiger charge is 2.12. The highest BCUT2D eigenvalue weighted by molar-refractivity contribution is 6.33. The number of alkyl halides is 1. The molecule has 0 atom stereocenters. The summed E-state index contributed by atoms with van der Waals surface area (Å²) in [5.74, 6) is 0.431. The van der Waals surface area contributed by atoms with Gasteiger partial charge < -0.3 is 5.73 Å². The number of rotatable bonds is 3. The molecule has 0 spiro atoms. The van der Waals surface area contributed by atoms with E-state index in [4.69, 9.17) is 28.9 Å². The van der Waals surface area contributed by atoms with Crippen molar-refractivity contribution in [3.05, 3.63) is 34.7 Å². The van der Waals surface area contributed by atoms with Gasteiger partial charge in [0.15, 0.2) is 16.3 Å². The lowest BCUT2D eigenvalue weighted by Crippen LogP contribution is -2.06. The van der Waals surface area contributed by atoms with Crippen molar-refractivity contribution in [1.29, 1.82) is 0 Å². The molecule has 0 aliphatic heterocycles. The summed E-state index contributed by atoms with van der Waals surface area (Å²) in [5, 5.41) is 8.13. The number of hydrogen-bond acceptors (Lipinski definition) is 6. The molecule has 0 radical (unpaired) electrons. The van der Waals surface area contributed by atoms with Gasteiger partial charge in [0.25, 0.3) is 0 Å². The summed E-state index contributed by atoms with van der Waals surface area (Å²) in [6.45, 7) is 0.397. The van der Waals surface area contributed by atoms with Gasteiger partial charge in [0, 0.05) is 0 Å². The van der Waals surface area contributed by atoms with Gasteiger partial charge in [0.2, 0.25) is 5.95 Å². The second-order valence-corrected chi connectivity index (χ2v) is 4.67. The molecule has 3 heterocycles. The molecular formula is C11H9Cl2N7. The fraction of sp³-hybridized carbons (Fsp3) is 0.182. The zero-order chi connectivity index (χ0) is 14.1. The molecule has 0 aliphatic rings. The molecule has 102 valence electrons. The van der Waals surface area contributed by atoms with Crippen LogP contribution in [0.1, 0.15) is 11.4 Å². The van der Waals surface area contributed by atoms with Gasteiger partial charge in [0.1, 0.15) is 0 Å². The van der Waals surface area contributed by atoms with Crippen LogP contribution in [0.4, 0.5) is 5.95 Å². The summed E-state index contributed by atoms with van der Waals surface area (Å²) in [4.78, 5) is 12.3. The molecule has 3 aromatic heterocycles. The molecule has 0 bridgehead atoms. The Morgan fingerprint density at radius 1 is 1.15 bits per heavy atom. The van der Waals surface area contributed by atoms with Crippen LogP contribution < -0.4 is 5.73 Å². The third kappa shape index (κ3) is 2.37. The van der Waals surface area contributed by atoms with Gasteiger partial charge >= 0.3 is 0 Å². The second-order valence-electron chi connectivity index (χ2n) is 4.05. The first-order valence-corrected chi connectivity index (χ1v) is 6.61. The SMILES string of the molecule is Nc1nc(Cl)c2nnn(Cc3cccc(CCl)n3)c2n1. The third-order valence-electron chi connectivity index (χ3n) is 2.65. The average molecular weight is 310 g/mol. The highest BCUT2D eigenvalue weighted by Crippen LogP contribution is 2.18. The molecule has 20 heavy (non-hydrogen) atoms. The van der Waals surface area contributed by atoms with Gasteiger partial charge in [-0.2, -0.15) is 9.97 Å². The van der Waals surface area contributed by atoms with E-state index in [9.17, 15) is 0 Å². The quantitative estimate of drug-likeness (QED) is 0.583. The minimum atomic E-state index is 0.0773. The Morgan fingerprint density at radius 3 is 2.75 bits per heavy atom. The summed E-state index contributed by atoms with van der Waals surface area (Å²) in [7, 11) is 0. The topological polar surface area (TPSA) is 95.4 Å². The second kappa shape index (κ2) is 5.18. The summed E-state index contributed by atoms with van der Waals surface area (Å²) >= 11 is 11.7. The molecule has 0 saturated heterocycles. The average Bonchev–Trinajstić information content (AvgIpc) is 2.82. The first-order valence-electron chi connectivity index (χ1n) is 5.70. The number of nitrogens with zero attached hydrogens (tertiary/aromatic N) is 6. The smallest absolute Gasteiger partial charge is 0.223 e. The molecule has 0 fully saturated rings. The van der Waals surface area contributed by atoms with Crippen molar-refractivity contribution in [3.63, 3.8) is 0 Å². The van der Waals surface area contributed by atoms with Crippen LogP contribution in [0, 0.1) is 0 Å². The highest BCUT2D eigenvalue weighted by atomic mass is 35.5. The molecular weight excluding hydrogens is 301 g/mol. The van der Waals surface area contributed by atoms with Gasteiger partial charge in [-0.3, -0.25) is 4.98 Å². The predicted molar refractivity (Wildman–Crippen MR) is 75.4 cm³/mol. The minimum Gasteiger partial charge on any atom is -0.368 e. The zero-order valence-corrected chi connectivity index (χ0v) is 11.7. The van der Waals surface area contributed by atoms with Crippen molar-refractivity contribution in [3.8, 4) is 0 Å². The number of nitrogens with two attached hydrogens (primary N) is 1. The van der Waals surface area contributed by atoms with Crippen molar-refractivity contribution in [2.45, 2.75) is 12.4 Å². The van der Waals surface area contributed by atoms with E-state index in [1.165, 1.54) is 0 Å². The molecule has 7 nitrogen and oxygen atoms in total. The molecule has 3 aromatic rings. The summed E-state index contributed by atoms with van der Waals surface area (Å²) in [6, 6.07) is 5.61. The van der Waals surface area contributed by atoms with E-state index in [1.807, 2.05) is 18.2 Å². The van der Waals surface area contributed by atoms with E-state index >= 15 is 0 Å². The summed E-state index contributed by atoms with van der Waals surface area (Å²) < 4.78 is 1.57. The molecule has 0 aromatic carbocycles. The molecule has 9 heteroatoms. The van der Waals surface area contributed by atoms with E-state index in [0.717, 1.165) is 11.4 Å².